The third kappa shape index (κ3) is 3.59. The lowest BCUT2D eigenvalue weighted by atomic mass is 10.1. The van der Waals surface area contributed by atoms with Gasteiger partial charge in [0.15, 0.2) is 0 Å². The van der Waals surface area contributed by atoms with Gasteiger partial charge in [0.1, 0.15) is 30.1 Å². The van der Waals surface area contributed by atoms with Crippen molar-refractivity contribution in [2.45, 2.75) is 6.10 Å². The molecule has 1 atom stereocenters. The zero-order chi connectivity index (χ0) is 16.1. The molecule has 0 aliphatic carbocycles. The molecular weight excluding hydrogens is 294 g/mol. The maximum Gasteiger partial charge on any atom is 0.337 e. The van der Waals surface area contributed by atoms with Crippen LogP contribution in [0.3, 0.4) is 0 Å². The summed E-state index contributed by atoms with van der Waals surface area (Å²) < 4.78 is 36.8. The van der Waals surface area contributed by atoms with Crippen LogP contribution in [0.5, 0.6) is 5.75 Å². The smallest absolute Gasteiger partial charge is 0.337 e. The van der Waals surface area contributed by atoms with Crippen LogP contribution in [0.15, 0.2) is 42.5 Å². The Balaban J connectivity index is 2.02. The van der Waals surface area contributed by atoms with Crippen molar-refractivity contribution in [1.82, 2.24) is 0 Å². The average molecular weight is 308 g/mol. The Bertz CT molecular complexity index is 635. The SMILES string of the molecule is COC(=O)c1ccc(OCC(O)c2c(F)cccc2F)cc1. The van der Waals surface area contributed by atoms with Gasteiger partial charge in [0.25, 0.3) is 0 Å². The first kappa shape index (κ1) is 15.9. The number of carbonyl (C=O) groups excluding carboxylic acids is 1. The van der Waals surface area contributed by atoms with E-state index in [9.17, 15) is 18.7 Å². The largest absolute Gasteiger partial charge is 0.491 e. The second kappa shape index (κ2) is 7.00. The van der Waals surface area contributed by atoms with Gasteiger partial charge >= 0.3 is 5.97 Å². The Morgan fingerprint density at radius 3 is 2.27 bits per heavy atom. The fraction of sp³-hybridized carbons (Fsp3) is 0.188. The molecular formula is C16H14F2O4. The third-order valence-corrected chi connectivity index (χ3v) is 3.02. The summed E-state index contributed by atoms with van der Waals surface area (Å²) in [5, 5.41) is 9.85. The van der Waals surface area contributed by atoms with Crippen molar-refractivity contribution in [2.75, 3.05) is 13.7 Å². The van der Waals surface area contributed by atoms with Crippen molar-refractivity contribution in [3.63, 3.8) is 0 Å². The minimum absolute atomic E-state index is 0.324. The van der Waals surface area contributed by atoms with E-state index in [1.165, 1.54) is 37.4 Å². The molecule has 0 amide bonds. The fourth-order valence-electron chi connectivity index (χ4n) is 1.89. The number of carbonyl (C=O) groups is 1. The number of hydrogen-bond acceptors (Lipinski definition) is 4. The Morgan fingerprint density at radius 1 is 1.14 bits per heavy atom. The molecule has 0 heterocycles. The second-order valence-corrected chi connectivity index (χ2v) is 4.48. The lowest BCUT2D eigenvalue weighted by molar-refractivity contribution is 0.0600. The van der Waals surface area contributed by atoms with Gasteiger partial charge in [0.2, 0.25) is 0 Å². The average Bonchev–Trinajstić information content (AvgIpc) is 2.52. The van der Waals surface area contributed by atoms with Gasteiger partial charge in [0.05, 0.1) is 18.2 Å². The van der Waals surface area contributed by atoms with Crippen molar-refractivity contribution >= 4 is 5.97 Å². The minimum Gasteiger partial charge on any atom is -0.491 e. The summed E-state index contributed by atoms with van der Waals surface area (Å²) in [6, 6.07) is 9.30. The molecule has 0 aromatic heterocycles. The Kier molecular flexibility index (Phi) is 5.06. The van der Waals surface area contributed by atoms with Crippen LogP contribution < -0.4 is 4.74 Å². The van der Waals surface area contributed by atoms with Crippen LogP contribution in [-0.4, -0.2) is 24.8 Å². The molecule has 2 aromatic rings. The highest BCUT2D eigenvalue weighted by Gasteiger charge is 2.18. The monoisotopic (exact) mass is 308 g/mol. The molecule has 6 heteroatoms. The number of benzene rings is 2. The molecule has 1 unspecified atom stereocenters. The van der Waals surface area contributed by atoms with Gasteiger partial charge in [-0.2, -0.15) is 0 Å². The molecule has 0 saturated heterocycles. The van der Waals surface area contributed by atoms with E-state index >= 15 is 0 Å². The van der Waals surface area contributed by atoms with E-state index in [2.05, 4.69) is 4.74 Å². The van der Waals surface area contributed by atoms with Crippen molar-refractivity contribution in [3.8, 4) is 5.75 Å². The first-order valence-electron chi connectivity index (χ1n) is 6.46. The number of methoxy groups -OCH3 is 1. The quantitative estimate of drug-likeness (QED) is 0.863. The van der Waals surface area contributed by atoms with Crippen LogP contribution in [0.2, 0.25) is 0 Å². The van der Waals surface area contributed by atoms with Gasteiger partial charge in [-0.05, 0) is 36.4 Å². The van der Waals surface area contributed by atoms with E-state index in [1.807, 2.05) is 0 Å². The summed E-state index contributed by atoms with van der Waals surface area (Å²) in [5.74, 6) is -1.81. The lowest BCUT2D eigenvalue weighted by Crippen LogP contribution is -2.13. The van der Waals surface area contributed by atoms with Crippen LogP contribution in [0.4, 0.5) is 8.78 Å². The van der Waals surface area contributed by atoms with Gasteiger partial charge < -0.3 is 14.6 Å². The molecule has 0 aliphatic rings. The molecule has 0 radical (unpaired) electrons. The number of halogens is 2. The van der Waals surface area contributed by atoms with Crippen LogP contribution in [0, 0.1) is 11.6 Å². The van der Waals surface area contributed by atoms with E-state index in [-0.39, 0.29) is 6.61 Å². The van der Waals surface area contributed by atoms with Gasteiger partial charge in [-0.25, -0.2) is 13.6 Å². The van der Waals surface area contributed by atoms with Gasteiger partial charge in [0, 0.05) is 0 Å². The molecule has 0 saturated carbocycles. The lowest BCUT2D eigenvalue weighted by Gasteiger charge is -2.14. The van der Waals surface area contributed by atoms with Crippen molar-refractivity contribution in [1.29, 1.82) is 0 Å². The first-order chi connectivity index (χ1) is 10.5. The van der Waals surface area contributed by atoms with Gasteiger partial charge in [-0.3, -0.25) is 0 Å². The summed E-state index contributed by atoms with van der Waals surface area (Å²) in [5.41, 5.74) is -0.0933. The summed E-state index contributed by atoms with van der Waals surface area (Å²) in [6.07, 6.45) is -1.44. The molecule has 2 rings (SSSR count). The highest BCUT2D eigenvalue weighted by molar-refractivity contribution is 5.89. The van der Waals surface area contributed by atoms with Crippen molar-refractivity contribution in [3.05, 3.63) is 65.2 Å². The number of rotatable bonds is 5. The normalized spacial score (nSPS) is 11.8. The van der Waals surface area contributed by atoms with Crippen LogP contribution in [0.1, 0.15) is 22.0 Å². The number of aliphatic hydroxyl groups excluding tert-OH is 1. The molecule has 0 spiro atoms. The first-order valence-corrected chi connectivity index (χ1v) is 6.46. The molecule has 0 fully saturated rings. The maximum absolute atomic E-state index is 13.5. The van der Waals surface area contributed by atoms with Crippen LogP contribution in [-0.2, 0) is 4.74 Å². The number of hydrogen-bond donors (Lipinski definition) is 1. The van der Waals surface area contributed by atoms with E-state index in [0.717, 1.165) is 12.1 Å². The molecule has 22 heavy (non-hydrogen) atoms. The summed E-state index contributed by atoms with van der Waals surface area (Å²) in [4.78, 5) is 11.3. The predicted octanol–water partition coefficient (Wildman–Crippen LogP) is 2.86. The zero-order valence-electron chi connectivity index (χ0n) is 11.8. The van der Waals surface area contributed by atoms with Gasteiger partial charge in [-0.1, -0.05) is 6.07 Å². The summed E-state index contributed by atoms with van der Waals surface area (Å²) in [6.45, 7) is -0.324. The Labute approximate surface area is 125 Å². The number of aliphatic hydroxyl groups is 1. The zero-order valence-corrected chi connectivity index (χ0v) is 11.8. The topological polar surface area (TPSA) is 55.8 Å². The maximum atomic E-state index is 13.5. The van der Waals surface area contributed by atoms with E-state index < -0.39 is 29.3 Å². The molecule has 116 valence electrons. The van der Waals surface area contributed by atoms with E-state index in [4.69, 9.17) is 4.74 Å². The van der Waals surface area contributed by atoms with Gasteiger partial charge in [-0.15, -0.1) is 0 Å². The van der Waals surface area contributed by atoms with Crippen LogP contribution >= 0.6 is 0 Å². The van der Waals surface area contributed by atoms with E-state index in [0.29, 0.717) is 11.3 Å². The van der Waals surface area contributed by atoms with Crippen LogP contribution in [0.25, 0.3) is 0 Å². The Morgan fingerprint density at radius 2 is 1.73 bits per heavy atom. The minimum atomic E-state index is -1.44. The number of ether oxygens (including phenoxy) is 2. The standard InChI is InChI=1S/C16H14F2O4/c1-21-16(20)10-5-7-11(8-6-10)22-9-14(19)15-12(17)3-2-4-13(15)18/h2-8,14,19H,9H2,1H3. The molecule has 4 nitrogen and oxygen atoms in total. The Hall–Kier alpha value is -2.47. The van der Waals surface area contributed by atoms with Crippen molar-refractivity contribution in [2.24, 2.45) is 0 Å². The number of esters is 1. The molecule has 0 bridgehead atoms. The third-order valence-electron chi connectivity index (χ3n) is 3.02. The summed E-state index contributed by atoms with van der Waals surface area (Å²) in [7, 11) is 1.27. The highest BCUT2D eigenvalue weighted by Crippen LogP contribution is 2.22. The predicted molar refractivity (Wildman–Crippen MR) is 74.6 cm³/mol. The molecule has 2 aromatic carbocycles. The van der Waals surface area contributed by atoms with Crippen molar-refractivity contribution < 1.29 is 28.2 Å². The fourth-order valence-corrected chi connectivity index (χ4v) is 1.89. The second-order valence-electron chi connectivity index (χ2n) is 4.48. The molecule has 0 aliphatic heterocycles. The molecule has 1 N–H and O–H groups in total. The summed E-state index contributed by atoms with van der Waals surface area (Å²) >= 11 is 0. The highest BCUT2D eigenvalue weighted by atomic mass is 19.1. The van der Waals surface area contributed by atoms with E-state index in [1.54, 1.807) is 0 Å².